The second-order valence-electron chi connectivity index (χ2n) is 2.77. The lowest BCUT2D eigenvalue weighted by molar-refractivity contribution is -0.140. The zero-order valence-electron chi connectivity index (χ0n) is 8.35. The van der Waals surface area contributed by atoms with E-state index in [-0.39, 0.29) is 16.8 Å². The number of hydrogen-bond acceptors (Lipinski definition) is 6. The van der Waals surface area contributed by atoms with Crippen molar-refractivity contribution >= 4 is 46.1 Å². The van der Waals surface area contributed by atoms with Crippen LogP contribution in [0.15, 0.2) is 5.10 Å². The number of esters is 1. The summed E-state index contributed by atoms with van der Waals surface area (Å²) in [6.45, 7) is 0. The van der Waals surface area contributed by atoms with Crippen LogP contribution in [0.4, 0.5) is 4.79 Å². The predicted molar refractivity (Wildman–Crippen MR) is 63.9 cm³/mol. The summed E-state index contributed by atoms with van der Waals surface area (Å²) in [5.74, 6) is -0.106. The summed E-state index contributed by atoms with van der Waals surface area (Å²) in [5, 5.41) is 5.56. The van der Waals surface area contributed by atoms with Gasteiger partial charge in [-0.1, -0.05) is 11.8 Å². The lowest BCUT2D eigenvalue weighted by Gasteiger charge is -2.06. The molecular formula is C7H10N4O3S2. The molecule has 0 aromatic carbocycles. The van der Waals surface area contributed by atoms with E-state index < -0.39 is 11.2 Å². The molecule has 1 rings (SSSR count). The van der Waals surface area contributed by atoms with Gasteiger partial charge in [-0.05, 0) is 12.2 Å². The molecular weight excluding hydrogens is 252 g/mol. The van der Waals surface area contributed by atoms with Crippen molar-refractivity contribution in [3.8, 4) is 0 Å². The molecule has 0 aliphatic carbocycles. The summed E-state index contributed by atoms with van der Waals surface area (Å²) >= 11 is 5.52. The Morgan fingerprint density at radius 3 is 3.06 bits per heavy atom. The monoisotopic (exact) mass is 262 g/mol. The molecule has 0 aromatic rings. The van der Waals surface area contributed by atoms with Crippen LogP contribution in [-0.4, -0.2) is 34.5 Å². The van der Waals surface area contributed by atoms with Gasteiger partial charge in [0.1, 0.15) is 5.84 Å². The number of methoxy groups -OCH3 is 1. The molecule has 88 valence electrons. The summed E-state index contributed by atoms with van der Waals surface area (Å²) in [7, 11) is 1.28. The van der Waals surface area contributed by atoms with Crippen molar-refractivity contribution in [1.29, 1.82) is 0 Å². The molecule has 4 N–H and O–H groups in total. The fourth-order valence-electron chi connectivity index (χ4n) is 0.988. The number of amidine groups is 1. The fourth-order valence-corrected chi connectivity index (χ4v) is 1.90. The highest BCUT2D eigenvalue weighted by Gasteiger charge is 2.32. The summed E-state index contributed by atoms with van der Waals surface area (Å²) < 4.78 is 4.50. The Kier molecular flexibility index (Phi) is 4.50. The third kappa shape index (κ3) is 3.66. The van der Waals surface area contributed by atoms with Crippen molar-refractivity contribution in [3.05, 3.63) is 0 Å². The third-order valence-corrected chi connectivity index (χ3v) is 2.73. The van der Waals surface area contributed by atoms with E-state index in [0.717, 1.165) is 11.8 Å². The molecule has 0 aromatic heterocycles. The average Bonchev–Trinajstić information content (AvgIpc) is 2.55. The number of hydrazone groups is 1. The van der Waals surface area contributed by atoms with Crippen LogP contribution >= 0.6 is 24.0 Å². The standard InChI is InChI=1S/C7H10N4O3S2/c1-14-4(12)2-3-5(9-7(13)16-3)10-11-6(8)15/h3H,2H2,1H3,(H3,8,11,15)(H,9,10,13)/t3-/m0/s1. The SMILES string of the molecule is COC(=O)C[C@@H]1SC(=O)N/C1=N\NC(N)=S. The van der Waals surface area contributed by atoms with E-state index in [1.165, 1.54) is 7.11 Å². The second-order valence-corrected chi connectivity index (χ2v) is 4.39. The summed E-state index contributed by atoms with van der Waals surface area (Å²) in [6, 6.07) is 0. The summed E-state index contributed by atoms with van der Waals surface area (Å²) in [4.78, 5) is 22.2. The molecule has 1 atom stereocenters. The van der Waals surface area contributed by atoms with Crippen LogP contribution in [-0.2, 0) is 9.53 Å². The average molecular weight is 262 g/mol. The minimum atomic E-state index is -0.419. The van der Waals surface area contributed by atoms with Crippen molar-refractivity contribution < 1.29 is 14.3 Å². The van der Waals surface area contributed by atoms with Gasteiger partial charge in [0.05, 0.1) is 18.8 Å². The van der Waals surface area contributed by atoms with Gasteiger partial charge in [0.25, 0.3) is 5.24 Å². The number of amides is 1. The number of nitrogens with two attached hydrogens (primary N) is 1. The van der Waals surface area contributed by atoms with E-state index in [4.69, 9.17) is 5.73 Å². The number of hydrogen-bond donors (Lipinski definition) is 3. The minimum absolute atomic E-state index is 0.0181. The highest BCUT2D eigenvalue weighted by molar-refractivity contribution is 8.15. The van der Waals surface area contributed by atoms with Gasteiger partial charge >= 0.3 is 5.97 Å². The van der Waals surface area contributed by atoms with Crippen LogP contribution in [0.5, 0.6) is 0 Å². The first-order valence-corrected chi connectivity index (χ1v) is 5.49. The van der Waals surface area contributed by atoms with Crippen molar-refractivity contribution in [2.75, 3.05) is 7.11 Å². The molecule has 0 saturated carbocycles. The quantitative estimate of drug-likeness (QED) is 0.358. The summed E-state index contributed by atoms with van der Waals surface area (Å²) in [6.07, 6.45) is 0.0533. The van der Waals surface area contributed by atoms with Gasteiger partial charge in [0.15, 0.2) is 5.11 Å². The Bertz CT molecular complexity index is 358. The van der Waals surface area contributed by atoms with Crippen molar-refractivity contribution in [3.63, 3.8) is 0 Å². The fraction of sp³-hybridized carbons (Fsp3) is 0.429. The zero-order valence-corrected chi connectivity index (χ0v) is 9.98. The van der Waals surface area contributed by atoms with E-state index in [1.54, 1.807) is 0 Å². The molecule has 7 nitrogen and oxygen atoms in total. The van der Waals surface area contributed by atoms with Crippen molar-refractivity contribution in [2.45, 2.75) is 11.7 Å². The molecule has 1 saturated heterocycles. The summed E-state index contributed by atoms with van der Waals surface area (Å²) in [5.41, 5.74) is 7.53. The number of rotatable bonds is 3. The first kappa shape index (κ1) is 12.7. The highest BCUT2D eigenvalue weighted by atomic mass is 32.2. The van der Waals surface area contributed by atoms with Gasteiger partial charge in [-0.25, -0.2) is 0 Å². The predicted octanol–water partition coefficient (Wildman–Crippen LogP) is -0.479. The Morgan fingerprint density at radius 1 is 1.81 bits per heavy atom. The largest absolute Gasteiger partial charge is 0.469 e. The molecule has 0 bridgehead atoms. The number of carbonyl (C=O) groups is 2. The van der Waals surface area contributed by atoms with Gasteiger partial charge in [0.2, 0.25) is 0 Å². The van der Waals surface area contributed by atoms with E-state index in [9.17, 15) is 9.59 Å². The molecule has 1 heterocycles. The van der Waals surface area contributed by atoms with Crippen LogP contribution in [0.3, 0.4) is 0 Å². The molecule has 1 fully saturated rings. The topological polar surface area (TPSA) is 106 Å². The number of nitrogens with one attached hydrogen (secondary N) is 2. The van der Waals surface area contributed by atoms with Crippen LogP contribution < -0.4 is 16.5 Å². The van der Waals surface area contributed by atoms with Gasteiger partial charge in [-0.2, -0.15) is 5.10 Å². The number of ether oxygens (including phenoxy) is 1. The number of nitrogens with zero attached hydrogens (tertiary/aromatic N) is 1. The maximum Gasteiger partial charge on any atom is 0.307 e. The van der Waals surface area contributed by atoms with Crippen LogP contribution in [0.25, 0.3) is 0 Å². The van der Waals surface area contributed by atoms with Gasteiger partial charge in [-0.15, -0.1) is 0 Å². The van der Waals surface area contributed by atoms with Crippen LogP contribution in [0.1, 0.15) is 6.42 Å². The van der Waals surface area contributed by atoms with Gasteiger partial charge in [-0.3, -0.25) is 15.0 Å². The van der Waals surface area contributed by atoms with Crippen molar-refractivity contribution in [1.82, 2.24) is 10.7 Å². The van der Waals surface area contributed by atoms with E-state index in [0.29, 0.717) is 5.84 Å². The Labute approximate surface area is 101 Å². The van der Waals surface area contributed by atoms with Gasteiger partial charge in [0, 0.05) is 0 Å². The Hall–Kier alpha value is -1.35. The lowest BCUT2D eigenvalue weighted by atomic mass is 10.3. The van der Waals surface area contributed by atoms with Crippen LogP contribution in [0.2, 0.25) is 0 Å². The van der Waals surface area contributed by atoms with E-state index >= 15 is 0 Å². The van der Waals surface area contributed by atoms with E-state index in [2.05, 4.69) is 32.8 Å². The normalized spacial score (nSPS) is 21.7. The maximum absolute atomic E-state index is 11.1. The highest BCUT2D eigenvalue weighted by Crippen LogP contribution is 2.22. The van der Waals surface area contributed by atoms with Gasteiger partial charge < -0.3 is 15.8 Å². The number of carbonyl (C=O) groups excluding carboxylic acids is 2. The molecule has 1 aliphatic heterocycles. The molecule has 9 heteroatoms. The van der Waals surface area contributed by atoms with Crippen molar-refractivity contribution in [2.24, 2.45) is 10.8 Å². The first-order valence-electron chi connectivity index (χ1n) is 4.20. The second kappa shape index (κ2) is 5.66. The molecule has 0 unspecified atom stereocenters. The number of thioether (sulfide) groups is 1. The first-order chi connectivity index (χ1) is 7.52. The van der Waals surface area contributed by atoms with E-state index in [1.807, 2.05) is 0 Å². The molecule has 1 aliphatic rings. The molecule has 0 spiro atoms. The Balaban J connectivity index is 2.66. The molecule has 1 amide bonds. The third-order valence-electron chi connectivity index (χ3n) is 1.65. The lowest BCUT2D eigenvalue weighted by Crippen LogP contribution is -2.32. The smallest absolute Gasteiger partial charge is 0.307 e. The van der Waals surface area contributed by atoms with Crippen LogP contribution in [0, 0.1) is 0 Å². The zero-order chi connectivity index (χ0) is 12.1. The minimum Gasteiger partial charge on any atom is -0.469 e. The molecule has 0 radical (unpaired) electrons. The molecule has 16 heavy (non-hydrogen) atoms. The Morgan fingerprint density at radius 2 is 2.50 bits per heavy atom. The maximum atomic E-state index is 11.1. The number of thiocarbonyl (C=S) groups is 1.